The molecule has 1 aliphatic heterocycles. The second-order valence-corrected chi connectivity index (χ2v) is 5.88. The van der Waals surface area contributed by atoms with Crippen molar-refractivity contribution in [2.24, 2.45) is 0 Å². The Balaban J connectivity index is 1.36. The van der Waals surface area contributed by atoms with Crippen LogP contribution in [0.3, 0.4) is 0 Å². The number of amides is 1. The van der Waals surface area contributed by atoms with E-state index in [9.17, 15) is 4.79 Å². The van der Waals surface area contributed by atoms with Gasteiger partial charge in [-0.3, -0.25) is 4.79 Å². The molecule has 18 heavy (non-hydrogen) atoms. The van der Waals surface area contributed by atoms with Crippen molar-refractivity contribution in [2.45, 2.75) is 63.1 Å². The van der Waals surface area contributed by atoms with Gasteiger partial charge in [0.2, 0.25) is 5.91 Å². The summed E-state index contributed by atoms with van der Waals surface area (Å²) in [5, 5.41) is 3.43. The maximum Gasteiger partial charge on any atom is 0.239 e. The summed E-state index contributed by atoms with van der Waals surface area (Å²) in [6.07, 6.45) is 8.95. The highest BCUT2D eigenvalue weighted by atomic mass is 16.5. The largest absolute Gasteiger partial charge is 0.376 e. The molecule has 4 nitrogen and oxygen atoms in total. The van der Waals surface area contributed by atoms with Crippen molar-refractivity contribution in [1.82, 2.24) is 10.2 Å². The van der Waals surface area contributed by atoms with Gasteiger partial charge in [0.25, 0.3) is 0 Å². The lowest BCUT2D eigenvalue weighted by Crippen LogP contribution is -2.40. The number of nitrogens with one attached hydrogen (secondary N) is 1. The average Bonchev–Trinajstić information content (AvgIpc) is 2.91. The lowest BCUT2D eigenvalue weighted by molar-refractivity contribution is -0.130. The Labute approximate surface area is 109 Å². The fraction of sp³-hybridized carbons (Fsp3) is 0.929. The molecule has 0 aromatic heterocycles. The molecule has 0 spiro atoms. The van der Waals surface area contributed by atoms with Crippen molar-refractivity contribution in [3.8, 4) is 0 Å². The summed E-state index contributed by atoms with van der Waals surface area (Å²) in [5.41, 5.74) is 0. The van der Waals surface area contributed by atoms with Crippen molar-refractivity contribution < 1.29 is 9.53 Å². The Kier molecular flexibility index (Phi) is 3.85. The Bertz CT molecular complexity index is 298. The lowest BCUT2D eigenvalue weighted by atomic mass is 10.2. The number of hydrogen-bond donors (Lipinski definition) is 1. The van der Waals surface area contributed by atoms with Gasteiger partial charge in [-0.25, -0.2) is 0 Å². The number of likely N-dealkylation sites (tertiary alicyclic amines) is 1. The van der Waals surface area contributed by atoms with Gasteiger partial charge in [0.1, 0.15) is 0 Å². The van der Waals surface area contributed by atoms with Crippen LogP contribution in [0.1, 0.15) is 44.9 Å². The number of rotatable bonds is 6. The minimum Gasteiger partial charge on any atom is -0.376 e. The van der Waals surface area contributed by atoms with Gasteiger partial charge >= 0.3 is 0 Å². The highest BCUT2D eigenvalue weighted by molar-refractivity contribution is 5.84. The van der Waals surface area contributed by atoms with E-state index < -0.39 is 0 Å². The summed E-state index contributed by atoms with van der Waals surface area (Å²) >= 11 is 0. The van der Waals surface area contributed by atoms with Crippen LogP contribution in [0.15, 0.2) is 0 Å². The second kappa shape index (κ2) is 5.57. The van der Waals surface area contributed by atoms with E-state index in [0.717, 1.165) is 19.5 Å². The average molecular weight is 252 g/mol. The molecule has 0 radical (unpaired) electrons. The molecule has 2 saturated carbocycles. The van der Waals surface area contributed by atoms with Gasteiger partial charge in [0, 0.05) is 19.1 Å². The van der Waals surface area contributed by atoms with Crippen LogP contribution in [0.25, 0.3) is 0 Å². The molecule has 3 aliphatic rings. The summed E-state index contributed by atoms with van der Waals surface area (Å²) in [4.78, 5) is 14.1. The van der Waals surface area contributed by atoms with Gasteiger partial charge in [-0.15, -0.1) is 0 Å². The molecular weight excluding hydrogens is 228 g/mol. The molecule has 1 atom stereocenters. The van der Waals surface area contributed by atoms with Crippen molar-refractivity contribution in [1.29, 1.82) is 0 Å². The number of carbonyl (C=O) groups excluding carboxylic acids is 1. The third-order valence-electron chi connectivity index (χ3n) is 4.33. The van der Waals surface area contributed by atoms with E-state index in [1.54, 1.807) is 0 Å². The molecule has 0 bridgehead atoms. The molecule has 3 rings (SSSR count). The summed E-state index contributed by atoms with van der Waals surface area (Å²) in [6, 6.07) is 0.706. The molecular formula is C14H24N2O2. The Morgan fingerprint density at radius 2 is 1.94 bits per heavy atom. The van der Waals surface area contributed by atoms with Gasteiger partial charge in [-0.1, -0.05) is 12.8 Å². The van der Waals surface area contributed by atoms with Crippen molar-refractivity contribution in [2.75, 3.05) is 19.7 Å². The maximum absolute atomic E-state index is 12.1. The first kappa shape index (κ1) is 12.4. The fourth-order valence-electron chi connectivity index (χ4n) is 3.03. The predicted octanol–water partition coefficient (Wildman–Crippen LogP) is 1.30. The zero-order valence-corrected chi connectivity index (χ0v) is 11.1. The van der Waals surface area contributed by atoms with E-state index in [1.165, 1.54) is 38.5 Å². The van der Waals surface area contributed by atoms with Gasteiger partial charge in [-0.2, -0.15) is 0 Å². The van der Waals surface area contributed by atoms with Crippen molar-refractivity contribution in [3.05, 3.63) is 0 Å². The molecule has 3 fully saturated rings. The molecule has 4 heteroatoms. The van der Waals surface area contributed by atoms with Crippen LogP contribution < -0.4 is 5.32 Å². The molecule has 1 N–H and O–H groups in total. The Morgan fingerprint density at radius 1 is 1.17 bits per heavy atom. The third-order valence-corrected chi connectivity index (χ3v) is 4.33. The van der Waals surface area contributed by atoms with Crippen LogP contribution in [0, 0.1) is 0 Å². The molecule has 1 unspecified atom stereocenters. The highest BCUT2D eigenvalue weighted by Crippen LogP contribution is 2.23. The quantitative estimate of drug-likeness (QED) is 0.774. The summed E-state index contributed by atoms with van der Waals surface area (Å²) in [6.45, 7) is 2.39. The Morgan fingerprint density at radius 3 is 2.67 bits per heavy atom. The zero-order chi connectivity index (χ0) is 12.4. The molecule has 1 heterocycles. The monoisotopic (exact) mass is 252 g/mol. The van der Waals surface area contributed by atoms with E-state index in [1.807, 2.05) is 4.90 Å². The summed E-state index contributed by atoms with van der Waals surface area (Å²) in [7, 11) is 0. The van der Waals surface area contributed by atoms with Crippen LogP contribution in [-0.4, -0.2) is 48.7 Å². The highest BCUT2D eigenvalue weighted by Gasteiger charge is 2.35. The van der Waals surface area contributed by atoms with Crippen LogP contribution in [0.5, 0.6) is 0 Å². The molecule has 102 valence electrons. The van der Waals surface area contributed by atoms with E-state index in [-0.39, 0.29) is 11.9 Å². The number of nitrogens with zero attached hydrogens (tertiary/aromatic N) is 1. The molecule has 0 aromatic rings. The first-order valence-electron chi connectivity index (χ1n) is 7.49. The molecule has 2 aliphatic carbocycles. The van der Waals surface area contributed by atoms with Gasteiger partial charge in [0.05, 0.1) is 18.8 Å². The van der Waals surface area contributed by atoms with Crippen LogP contribution in [-0.2, 0) is 9.53 Å². The maximum atomic E-state index is 12.1. The smallest absolute Gasteiger partial charge is 0.239 e. The van der Waals surface area contributed by atoms with E-state index in [2.05, 4.69) is 5.32 Å². The van der Waals surface area contributed by atoms with Crippen LogP contribution >= 0.6 is 0 Å². The van der Waals surface area contributed by atoms with E-state index in [4.69, 9.17) is 4.74 Å². The number of carbonyl (C=O) groups is 1. The van der Waals surface area contributed by atoms with Gasteiger partial charge < -0.3 is 15.0 Å². The second-order valence-electron chi connectivity index (χ2n) is 5.88. The molecule has 1 amide bonds. The lowest BCUT2D eigenvalue weighted by Gasteiger charge is -2.18. The summed E-state index contributed by atoms with van der Waals surface area (Å²) in [5.74, 6) is 0.289. The van der Waals surface area contributed by atoms with E-state index in [0.29, 0.717) is 18.8 Å². The number of ether oxygens (including phenoxy) is 1. The van der Waals surface area contributed by atoms with Gasteiger partial charge in [0.15, 0.2) is 0 Å². The summed E-state index contributed by atoms with van der Waals surface area (Å²) < 4.78 is 5.83. The zero-order valence-electron chi connectivity index (χ0n) is 11.1. The normalized spacial score (nSPS) is 29.4. The predicted molar refractivity (Wildman–Crippen MR) is 69.4 cm³/mol. The van der Waals surface area contributed by atoms with Crippen molar-refractivity contribution >= 4 is 5.91 Å². The Hall–Kier alpha value is -0.610. The van der Waals surface area contributed by atoms with Crippen LogP contribution in [0.2, 0.25) is 0 Å². The topological polar surface area (TPSA) is 41.6 Å². The van der Waals surface area contributed by atoms with Crippen molar-refractivity contribution in [3.63, 3.8) is 0 Å². The SMILES string of the molecule is O=C1C(NC2CC2)CCN1CCOC1CCCC1. The standard InChI is InChI=1S/C14H24N2O2/c17-14-13(15-11-5-6-11)7-8-16(14)9-10-18-12-3-1-2-4-12/h11-13,15H,1-10H2. The van der Waals surface area contributed by atoms with Gasteiger partial charge in [-0.05, 0) is 32.1 Å². The fourth-order valence-corrected chi connectivity index (χ4v) is 3.03. The minimum atomic E-state index is 0.0870. The third kappa shape index (κ3) is 3.04. The molecule has 1 saturated heterocycles. The molecule has 0 aromatic carbocycles. The van der Waals surface area contributed by atoms with E-state index >= 15 is 0 Å². The van der Waals surface area contributed by atoms with Crippen LogP contribution in [0.4, 0.5) is 0 Å². The number of hydrogen-bond acceptors (Lipinski definition) is 3. The first-order valence-corrected chi connectivity index (χ1v) is 7.49. The first-order chi connectivity index (χ1) is 8.83. The minimum absolute atomic E-state index is 0.0870.